The zero-order valence-electron chi connectivity index (χ0n) is 12.5. The van der Waals surface area contributed by atoms with Crippen molar-refractivity contribution in [3.8, 4) is 0 Å². The summed E-state index contributed by atoms with van der Waals surface area (Å²) in [6, 6.07) is 4.86. The van der Waals surface area contributed by atoms with Crippen molar-refractivity contribution >= 4 is 21.9 Å². The van der Waals surface area contributed by atoms with E-state index in [4.69, 9.17) is 5.11 Å². The van der Waals surface area contributed by atoms with Crippen LogP contribution in [0.15, 0.2) is 29.2 Å². The number of sulfonamides is 1. The van der Waals surface area contributed by atoms with Crippen LogP contribution >= 0.6 is 0 Å². The maximum Gasteiger partial charge on any atom is 0.321 e. The predicted molar refractivity (Wildman–Crippen MR) is 80.9 cm³/mol. The molecule has 0 unspecified atom stereocenters. The van der Waals surface area contributed by atoms with Gasteiger partial charge < -0.3 is 10.4 Å². The summed E-state index contributed by atoms with van der Waals surface area (Å²) in [5.74, 6) is -1.67. The van der Waals surface area contributed by atoms with Crippen molar-refractivity contribution in [2.45, 2.75) is 37.1 Å². The zero-order chi connectivity index (χ0) is 16.8. The lowest BCUT2D eigenvalue weighted by Crippen LogP contribution is -2.41. The van der Waals surface area contributed by atoms with Crippen LogP contribution in [0, 0.1) is 0 Å². The summed E-state index contributed by atoms with van der Waals surface area (Å²) in [7, 11) is -2.52. The molecular formula is C14H20N2O5S. The molecule has 122 valence electrons. The highest BCUT2D eigenvalue weighted by atomic mass is 32.2. The molecule has 1 aromatic carbocycles. The number of carboxylic acids is 1. The summed E-state index contributed by atoms with van der Waals surface area (Å²) < 4.78 is 26.5. The van der Waals surface area contributed by atoms with Gasteiger partial charge in [0.1, 0.15) is 6.04 Å². The molecule has 1 aromatic rings. The van der Waals surface area contributed by atoms with E-state index in [1.54, 1.807) is 12.1 Å². The molecule has 3 N–H and O–H groups in total. The van der Waals surface area contributed by atoms with Gasteiger partial charge in [-0.15, -0.1) is 0 Å². The van der Waals surface area contributed by atoms with Crippen LogP contribution in [-0.2, 0) is 26.0 Å². The average Bonchev–Trinajstić information content (AvgIpc) is 2.50. The minimum absolute atomic E-state index is 0.00380. The average molecular weight is 328 g/mol. The van der Waals surface area contributed by atoms with Crippen molar-refractivity contribution in [1.82, 2.24) is 10.0 Å². The zero-order valence-corrected chi connectivity index (χ0v) is 13.3. The van der Waals surface area contributed by atoms with Crippen LogP contribution in [-0.4, -0.2) is 38.5 Å². The third-order valence-corrected chi connectivity index (χ3v) is 4.66. The van der Waals surface area contributed by atoms with Gasteiger partial charge in [0.15, 0.2) is 0 Å². The molecule has 22 heavy (non-hydrogen) atoms. The monoisotopic (exact) mass is 328 g/mol. The Morgan fingerprint density at radius 2 is 1.82 bits per heavy atom. The fraction of sp³-hybridized carbons (Fsp3) is 0.429. The molecule has 1 amide bonds. The molecule has 0 heterocycles. The molecule has 0 bridgehead atoms. The first kappa shape index (κ1) is 18.1. The molecule has 0 spiro atoms. The summed E-state index contributed by atoms with van der Waals surface area (Å²) >= 11 is 0. The smallest absolute Gasteiger partial charge is 0.321 e. The van der Waals surface area contributed by atoms with Gasteiger partial charge in [-0.3, -0.25) is 9.59 Å². The van der Waals surface area contributed by atoms with Crippen LogP contribution in [0.25, 0.3) is 0 Å². The van der Waals surface area contributed by atoms with E-state index in [9.17, 15) is 18.0 Å². The van der Waals surface area contributed by atoms with E-state index >= 15 is 0 Å². The number of carbonyl (C=O) groups is 2. The first-order valence-electron chi connectivity index (χ1n) is 6.84. The van der Waals surface area contributed by atoms with E-state index in [0.29, 0.717) is 0 Å². The Hall–Kier alpha value is -1.93. The summed E-state index contributed by atoms with van der Waals surface area (Å²) in [4.78, 5) is 22.3. The molecular weight excluding hydrogens is 308 g/mol. The molecule has 0 saturated carbocycles. The molecule has 1 rings (SSSR count). The van der Waals surface area contributed by atoms with Crippen LogP contribution in [0.1, 0.15) is 25.3 Å². The summed E-state index contributed by atoms with van der Waals surface area (Å²) in [5, 5.41) is 11.4. The Balaban J connectivity index is 2.85. The van der Waals surface area contributed by atoms with Gasteiger partial charge in [0, 0.05) is 13.5 Å². The van der Waals surface area contributed by atoms with Crippen molar-refractivity contribution in [1.29, 1.82) is 0 Å². The predicted octanol–water partition coefficient (Wildman–Crippen LogP) is 0.507. The van der Waals surface area contributed by atoms with Crippen molar-refractivity contribution in [2.24, 2.45) is 0 Å². The highest BCUT2D eigenvalue weighted by molar-refractivity contribution is 7.89. The standard InChI is InChI=1S/C14H20N2O5S/c1-3-10-4-6-11(7-5-10)22(20,21)16-12(14(18)19)8-9-13(17)15-2/h4-7,12,16H,3,8-9H2,1-2H3,(H,15,17)(H,18,19)/t12-/m0/s1. The Labute approximate surface area is 129 Å². The Kier molecular flexibility index (Phi) is 6.51. The summed E-state index contributed by atoms with van der Waals surface area (Å²) in [5.41, 5.74) is 0.980. The largest absolute Gasteiger partial charge is 0.480 e. The molecule has 1 atom stereocenters. The third kappa shape index (κ3) is 5.12. The second-order valence-corrected chi connectivity index (χ2v) is 6.44. The number of nitrogens with one attached hydrogen (secondary N) is 2. The van der Waals surface area contributed by atoms with Crippen LogP contribution in [0.4, 0.5) is 0 Å². The minimum Gasteiger partial charge on any atom is -0.480 e. The minimum atomic E-state index is -3.95. The fourth-order valence-electron chi connectivity index (χ4n) is 1.79. The van der Waals surface area contributed by atoms with Crippen molar-refractivity contribution < 1.29 is 23.1 Å². The number of hydrogen-bond acceptors (Lipinski definition) is 4. The van der Waals surface area contributed by atoms with Crippen LogP contribution in [0.3, 0.4) is 0 Å². The van der Waals surface area contributed by atoms with Crippen molar-refractivity contribution in [2.75, 3.05) is 7.05 Å². The molecule has 0 aliphatic heterocycles. The van der Waals surface area contributed by atoms with Gasteiger partial charge >= 0.3 is 5.97 Å². The Morgan fingerprint density at radius 1 is 1.23 bits per heavy atom. The highest BCUT2D eigenvalue weighted by Crippen LogP contribution is 2.12. The second-order valence-electron chi connectivity index (χ2n) is 4.72. The SMILES string of the molecule is CCc1ccc(S(=O)(=O)N[C@@H](CCC(=O)NC)C(=O)O)cc1. The maximum absolute atomic E-state index is 12.2. The normalized spacial score (nSPS) is 12.6. The summed E-state index contributed by atoms with van der Waals surface area (Å²) in [6.07, 6.45) is 0.573. The highest BCUT2D eigenvalue weighted by Gasteiger charge is 2.25. The van der Waals surface area contributed by atoms with E-state index in [1.165, 1.54) is 19.2 Å². The molecule has 8 heteroatoms. The van der Waals surface area contributed by atoms with Crippen LogP contribution < -0.4 is 10.0 Å². The number of rotatable bonds is 8. The summed E-state index contributed by atoms with van der Waals surface area (Å²) in [6.45, 7) is 1.95. The van der Waals surface area contributed by atoms with Gasteiger partial charge in [0.05, 0.1) is 4.90 Å². The van der Waals surface area contributed by atoms with Gasteiger partial charge in [-0.2, -0.15) is 4.72 Å². The van der Waals surface area contributed by atoms with E-state index in [1.807, 2.05) is 6.92 Å². The topological polar surface area (TPSA) is 113 Å². The number of benzene rings is 1. The quantitative estimate of drug-likeness (QED) is 0.643. The molecule has 7 nitrogen and oxygen atoms in total. The van der Waals surface area contributed by atoms with E-state index < -0.39 is 22.0 Å². The van der Waals surface area contributed by atoms with Crippen molar-refractivity contribution in [3.05, 3.63) is 29.8 Å². The van der Waals surface area contributed by atoms with E-state index in [2.05, 4.69) is 10.0 Å². The third-order valence-electron chi connectivity index (χ3n) is 3.18. The van der Waals surface area contributed by atoms with E-state index in [-0.39, 0.29) is 23.6 Å². The lowest BCUT2D eigenvalue weighted by atomic mass is 10.1. The number of amides is 1. The van der Waals surface area contributed by atoms with Gasteiger partial charge in [0.25, 0.3) is 0 Å². The second kappa shape index (κ2) is 7.90. The number of carbonyl (C=O) groups excluding carboxylic acids is 1. The van der Waals surface area contributed by atoms with Gasteiger partial charge in [-0.1, -0.05) is 19.1 Å². The Morgan fingerprint density at radius 3 is 2.27 bits per heavy atom. The molecule has 0 fully saturated rings. The molecule has 0 aromatic heterocycles. The first-order chi connectivity index (χ1) is 10.3. The fourth-order valence-corrected chi connectivity index (χ4v) is 3.02. The number of aryl methyl sites for hydroxylation is 1. The van der Waals surface area contributed by atoms with Gasteiger partial charge in [-0.05, 0) is 30.5 Å². The van der Waals surface area contributed by atoms with Gasteiger partial charge in [0.2, 0.25) is 15.9 Å². The lowest BCUT2D eigenvalue weighted by Gasteiger charge is -2.14. The van der Waals surface area contributed by atoms with E-state index in [0.717, 1.165) is 12.0 Å². The Bertz CT molecular complexity index is 625. The number of carboxylic acid groups (broad SMARTS) is 1. The molecule has 0 aliphatic carbocycles. The van der Waals surface area contributed by atoms with Crippen LogP contribution in [0.2, 0.25) is 0 Å². The maximum atomic E-state index is 12.2. The number of aliphatic carboxylic acids is 1. The molecule has 0 saturated heterocycles. The number of hydrogen-bond donors (Lipinski definition) is 3. The molecule has 0 radical (unpaired) electrons. The van der Waals surface area contributed by atoms with Crippen LogP contribution in [0.5, 0.6) is 0 Å². The lowest BCUT2D eigenvalue weighted by molar-refractivity contribution is -0.139. The van der Waals surface area contributed by atoms with Gasteiger partial charge in [-0.25, -0.2) is 8.42 Å². The first-order valence-corrected chi connectivity index (χ1v) is 8.33. The van der Waals surface area contributed by atoms with Crippen molar-refractivity contribution in [3.63, 3.8) is 0 Å². The molecule has 0 aliphatic rings.